The lowest BCUT2D eigenvalue weighted by molar-refractivity contribution is -0.242. The van der Waals surface area contributed by atoms with Crippen molar-refractivity contribution in [2.24, 2.45) is 0 Å². The zero-order valence-corrected chi connectivity index (χ0v) is 17.2. The van der Waals surface area contributed by atoms with Crippen LogP contribution in [-0.2, 0) is 24.1 Å². The van der Waals surface area contributed by atoms with E-state index in [2.05, 4.69) is 9.50 Å². The number of hydrogen-bond acceptors (Lipinski definition) is 10. The lowest BCUT2D eigenvalue weighted by Crippen LogP contribution is -2.65. The third-order valence-corrected chi connectivity index (χ3v) is 5.06. The van der Waals surface area contributed by atoms with Crippen molar-refractivity contribution in [3.8, 4) is 5.75 Å². The number of rotatable bonds is 6. The van der Waals surface area contributed by atoms with Gasteiger partial charge in [-0.3, -0.25) is 9.35 Å². The van der Waals surface area contributed by atoms with Gasteiger partial charge >= 0.3 is 16.0 Å². The average molecular weight is 459 g/mol. The van der Waals surface area contributed by atoms with E-state index in [0.717, 1.165) is 0 Å². The van der Waals surface area contributed by atoms with Gasteiger partial charge in [0.25, 0.3) is 0 Å². The van der Waals surface area contributed by atoms with Crippen molar-refractivity contribution in [1.82, 2.24) is 5.32 Å². The summed E-state index contributed by atoms with van der Waals surface area (Å²) in [5.74, 6) is -0.416. The molecule has 170 valence electrons. The van der Waals surface area contributed by atoms with Gasteiger partial charge in [-0.2, -0.15) is 8.42 Å². The Bertz CT molecular complexity index is 1130. The van der Waals surface area contributed by atoms with Crippen molar-refractivity contribution in [3.05, 3.63) is 40.2 Å². The van der Waals surface area contributed by atoms with Gasteiger partial charge in [0, 0.05) is 24.4 Å². The van der Waals surface area contributed by atoms with Crippen LogP contribution in [-0.4, -0.2) is 66.3 Å². The molecule has 12 nitrogen and oxygen atoms in total. The van der Waals surface area contributed by atoms with Crippen molar-refractivity contribution in [3.63, 3.8) is 0 Å². The van der Waals surface area contributed by atoms with Gasteiger partial charge in [-0.25, -0.2) is 8.98 Å². The van der Waals surface area contributed by atoms with E-state index < -0.39 is 59.2 Å². The quantitative estimate of drug-likeness (QED) is 0.315. The van der Waals surface area contributed by atoms with Crippen LogP contribution < -0.4 is 15.7 Å². The molecule has 1 amide bonds. The Labute approximate surface area is 176 Å². The highest BCUT2D eigenvalue weighted by Crippen LogP contribution is 2.27. The molecule has 1 aromatic carbocycles. The minimum absolute atomic E-state index is 0.139. The first-order chi connectivity index (χ1) is 14.4. The number of fused-ring (bicyclic) bond motifs is 1. The van der Waals surface area contributed by atoms with E-state index in [4.69, 9.17) is 18.4 Å². The maximum atomic E-state index is 11.6. The van der Waals surface area contributed by atoms with Crippen LogP contribution in [0, 0.1) is 6.92 Å². The van der Waals surface area contributed by atoms with Crippen LogP contribution >= 0.6 is 0 Å². The highest BCUT2D eigenvalue weighted by molar-refractivity contribution is 7.80. The fourth-order valence-electron chi connectivity index (χ4n) is 3.22. The SMILES string of the molecule is CC(=O)N[C@H]1[C@H](Oc2ccc3c(C)cc(=O)oc3c2)O[C@H](COS(=O)(=O)O)[C@@H](O)[C@H]1O. The van der Waals surface area contributed by atoms with Crippen molar-refractivity contribution in [2.75, 3.05) is 6.61 Å². The van der Waals surface area contributed by atoms with Crippen molar-refractivity contribution in [2.45, 2.75) is 44.5 Å². The van der Waals surface area contributed by atoms with E-state index in [-0.39, 0.29) is 11.3 Å². The fourth-order valence-corrected chi connectivity index (χ4v) is 3.53. The Balaban J connectivity index is 1.89. The molecule has 0 spiro atoms. The van der Waals surface area contributed by atoms with Gasteiger partial charge in [-0.15, -0.1) is 0 Å². The molecule has 5 atom stereocenters. The Kier molecular flexibility index (Phi) is 6.64. The predicted molar refractivity (Wildman–Crippen MR) is 104 cm³/mol. The number of benzene rings is 1. The number of aliphatic hydroxyl groups is 2. The molecule has 1 fully saturated rings. The van der Waals surface area contributed by atoms with Crippen LogP contribution in [0.5, 0.6) is 5.75 Å². The third kappa shape index (κ3) is 5.58. The number of carbonyl (C=O) groups is 1. The maximum absolute atomic E-state index is 11.6. The molecule has 31 heavy (non-hydrogen) atoms. The summed E-state index contributed by atoms with van der Waals surface area (Å²) >= 11 is 0. The smallest absolute Gasteiger partial charge is 0.397 e. The molecule has 0 unspecified atom stereocenters. The van der Waals surface area contributed by atoms with E-state index in [0.29, 0.717) is 10.9 Å². The molecule has 3 rings (SSSR count). The second kappa shape index (κ2) is 8.90. The Morgan fingerprint density at radius 1 is 1.23 bits per heavy atom. The molecule has 0 bridgehead atoms. The first-order valence-corrected chi connectivity index (χ1v) is 10.4. The molecule has 0 aliphatic carbocycles. The topological polar surface area (TPSA) is 182 Å². The van der Waals surface area contributed by atoms with Crippen molar-refractivity contribution >= 4 is 27.3 Å². The molecule has 4 N–H and O–H groups in total. The molecule has 13 heteroatoms. The van der Waals surface area contributed by atoms with Crippen LogP contribution in [0.4, 0.5) is 0 Å². The van der Waals surface area contributed by atoms with Crippen LogP contribution in [0.25, 0.3) is 11.0 Å². The molecule has 1 aliphatic heterocycles. The Hall–Kier alpha value is -2.55. The van der Waals surface area contributed by atoms with E-state index in [1.165, 1.54) is 25.1 Å². The van der Waals surface area contributed by atoms with Gasteiger partial charge in [-0.05, 0) is 24.6 Å². The zero-order valence-electron chi connectivity index (χ0n) is 16.4. The van der Waals surface area contributed by atoms with Crippen LogP contribution in [0.2, 0.25) is 0 Å². The summed E-state index contributed by atoms with van der Waals surface area (Å²) in [6, 6.07) is 4.65. The monoisotopic (exact) mass is 459 g/mol. The number of amides is 1. The van der Waals surface area contributed by atoms with Crippen LogP contribution in [0.15, 0.2) is 33.5 Å². The third-order valence-electron chi connectivity index (χ3n) is 4.63. The van der Waals surface area contributed by atoms with Gasteiger partial charge in [0.1, 0.15) is 35.7 Å². The lowest BCUT2D eigenvalue weighted by atomic mass is 9.97. The second-order valence-electron chi connectivity index (χ2n) is 6.99. The van der Waals surface area contributed by atoms with Crippen LogP contribution in [0.1, 0.15) is 12.5 Å². The van der Waals surface area contributed by atoms with Crippen LogP contribution in [0.3, 0.4) is 0 Å². The molecule has 1 saturated heterocycles. The molecule has 2 heterocycles. The lowest BCUT2D eigenvalue weighted by Gasteiger charge is -2.42. The number of aliphatic hydroxyl groups excluding tert-OH is 2. The fraction of sp³-hybridized carbons (Fsp3) is 0.444. The number of ether oxygens (including phenoxy) is 2. The summed E-state index contributed by atoms with van der Waals surface area (Å²) in [6.45, 7) is 2.08. The van der Waals surface area contributed by atoms with Crippen molar-refractivity contribution in [1.29, 1.82) is 0 Å². The molecule has 1 aliphatic rings. The number of carbonyl (C=O) groups excluding carboxylic acids is 1. The minimum Gasteiger partial charge on any atom is -0.462 e. The second-order valence-corrected chi connectivity index (χ2v) is 8.08. The largest absolute Gasteiger partial charge is 0.462 e. The average Bonchev–Trinajstić information content (AvgIpc) is 2.65. The van der Waals surface area contributed by atoms with Gasteiger partial charge in [0.15, 0.2) is 0 Å². The molecular formula is C18H21NO11S. The maximum Gasteiger partial charge on any atom is 0.397 e. The molecule has 0 radical (unpaired) electrons. The summed E-state index contributed by atoms with van der Waals surface area (Å²) < 4.78 is 51.0. The van der Waals surface area contributed by atoms with Gasteiger partial charge in [0.05, 0.1) is 6.61 Å². The minimum atomic E-state index is -4.83. The normalized spacial score (nSPS) is 26.5. The summed E-state index contributed by atoms with van der Waals surface area (Å²) in [6.07, 6.45) is -6.12. The first kappa shape index (κ1) is 23.1. The van der Waals surface area contributed by atoms with E-state index >= 15 is 0 Å². The molecule has 0 saturated carbocycles. The number of nitrogens with one attached hydrogen (secondary N) is 1. The Morgan fingerprint density at radius 3 is 2.58 bits per heavy atom. The van der Waals surface area contributed by atoms with E-state index in [1.54, 1.807) is 13.0 Å². The summed E-state index contributed by atoms with van der Waals surface area (Å²) in [7, 11) is -4.83. The first-order valence-electron chi connectivity index (χ1n) is 9.06. The standard InChI is InChI=1S/C18H21NO11S/c1-8-5-14(21)29-12-6-10(3-4-11(8)12)28-18-15(19-9(2)20)17(23)16(22)13(30-18)7-27-31(24,25)26/h3-6,13,15-18,22-23H,7H2,1-2H3,(H,19,20)(H,24,25,26)/t13-,15-,16-,17+,18-/m1/s1. The molecule has 2 aromatic rings. The predicted octanol–water partition coefficient (Wildman–Crippen LogP) is -0.749. The van der Waals surface area contributed by atoms with E-state index in [9.17, 15) is 28.2 Å². The van der Waals surface area contributed by atoms with Crippen molar-refractivity contribution < 1.29 is 46.1 Å². The highest BCUT2D eigenvalue weighted by Gasteiger charge is 2.46. The highest BCUT2D eigenvalue weighted by atomic mass is 32.3. The van der Waals surface area contributed by atoms with Gasteiger partial charge in [0.2, 0.25) is 12.2 Å². The summed E-state index contributed by atoms with van der Waals surface area (Å²) in [4.78, 5) is 23.2. The number of hydrogen-bond donors (Lipinski definition) is 4. The summed E-state index contributed by atoms with van der Waals surface area (Å²) in [5.41, 5.74) is 0.346. The summed E-state index contributed by atoms with van der Waals surface area (Å²) in [5, 5.41) is 23.7. The Morgan fingerprint density at radius 2 is 1.94 bits per heavy atom. The van der Waals surface area contributed by atoms with Gasteiger partial charge < -0.3 is 29.4 Å². The molecular weight excluding hydrogens is 438 g/mol. The van der Waals surface area contributed by atoms with E-state index in [1.807, 2.05) is 0 Å². The van der Waals surface area contributed by atoms with Gasteiger partial charge in [-0.1, -0.05) is 0 Å². The number of aryl methyl sites for hydroxylation is 1. The zero-order chi connectivity index (χ0) is 22.9. The molecule has 1 aromatic heterocycles.